The molecule has 0 unspecified atom stereocenters. The fourth-order valence-corrected chi connectivity index (χ4v) is 2.93. The van der Waals surface area contributed by atoms with E-state index in [0.29, 0.717) is 11.8 Å². The third-order valence-electron chi connectivity index (χ3n) is 4.18. The lowest BCUT2D eigenvalue weighted by Gasteiger charge is -2.19. The molecule has 1 aromatic heterocycles. The molecule has 1 heterocycles. The summed E-state index contributed by atoms with van der Waals surface area (Å²) in [5, 5.41) is 13.4. The molecule has 0 aliphatic heterocycles. The molecule has 6 heteroatoms. The van der Waals surface area contributed by atoms with Crippen LogP contribution < -0.4 is 10.9 Å². The first kappa shape index (κ1) is 19.0. The van der Waals surface area contributed by atoms with Crippen molar-refractivity contribution in [2.75, 3.05) is 25.0 Å². The number of benzene rings is 1. The first-order valence-electron chi connectivity index (χ1n) is 8.74. The van der Waals surface area contributed by atoms with Gasteiger partial charge in [-0.15, -0.1) is 0 Å². The monoisotopic (exact) mass is 346 g/mol. The third kappa shape index (κ3) is 4.82. The van der Waals surface area contributed by atoms with Gasteiger partial charge in [0, 0.05) is 12.3 Å². The smallest absolute Gasteiger partial charge is 0.360 e. The molecule has 1 aromatic carbocycles. The maximum absolute atomic E-state index is 11.9. The van der Waals surface area contributed by atoms with Crippen molar-refractivity contribution < 1.29 is 14.3 Å². The Labute approximate surface area is 147 Å². The van der Waals surface area contributed by atoms with E-state index in [4.69, 9.17) is 4.42 Å². The fourth-order valence-electron chi connectivity index (χ4n) is 2.93. The molecule has 0 fully saturated rings. The van der Waals surface area contributed by atoms with Crippen LogP contribution in [0.15, 0.2) is 27.4 Å². The molecular formula is C19H26N2O4. The minimum Gasteiger partial charge on any atom is -0.504 e. The number of rotatable bonds is 8. The summed E-state index contributed by atoms with van der Waals surface area (Å²) in [4.78, 5) is 25.4. The molecule has 136 valence electrons. The van der Waals surface area contributed by atoms with Crippen LogP contribution in [-0.4, -0.2) is 35.5 Å². The Morgan fingerprint density at radius 1 is 1.28 bits per heavy atom. The largest absolute Gasteiger partial charge is 0.504 e. The molecule has 1 amide bonds. The van der Waals surface area contributed by atoms with E-state index >= 15 is 0 Å². The van der Waals surface area contributed by atoms with Gasteiger partial charge in [-0.2, -0.15) is 0 Å². The summed E-state index contributed by atoms with van der Waals surface area (Å²) in [5.74, 6) is -0.345. The van der Waals surface area contributed by atoms with Gasteiger partial charge < -0.3 is 19.7 Å². The topological polar surface area (TPSA) is 82.8 Å². The number of nitrogens with zero attached hydrogens (tertiary/aromatic N) is 1. The standard InChI is InChI=1S/C19H26N2O4/c1-4-10-21(5-2)11-6-7-14-8-9-15-12-16(20-13(3)22)19(24)25-18(15)17(14)23/h8-9,12,23H,4-7,10-11H2,1-3H3,(H,20,22). The summed E-state index contributed by atoms with van der Waals surface area (Å²) in [6, 6.07) is 5.15. The summed E-state index contributed by atoms with van der Waals surface area (Å²) in [5.41, 5.74) is 0.327. The third-order valence-corrected chi connectivity index (χ3v) is 4.18. The van der Waals surface area contributed by atoms with E-state index < -0.39 is 5.63 Å². The Morgan fingerprint density at radius 2 is 2.04 bits per heavy atom. The van der Waals surface area contributed by atoms with Crippen molar-refractivity contribution in [1.82, 2.24) is 4.90 Å². The Kier molecular flexibility index (Phi) is 6.58. The number of fused-ring (bicyclic) bond motifs is 1. The predicted octanol–water partition coefficient (Wildman–Crippen LogP) is 3.12. The van der Waals surface area contributed by atoms with Gasteiger partial charge in [0.1, 0.15) is 5.69 Å². The van der Waals surface area contributed by atoms with Crippen LogP contribution in [0.3, 0.4) is 0 Å². The highest BCUT2D eigenvalue weighted by atomic mass is 16.4. The van der Waals surface area contributed by atoms with Crippen LogP contribution in [0.4, 0.5) is 5.69 Å². The SMILES string of the molecule is CCCN(CC)CCCc1ccc2cc(NC(C)=O)c(=O)oc2c1O. The second-order valence-corrected chi connectivity index (χ2v) is 6.16. The summed E-state index contributed by atoms with van der Waals surface area (Å²) in [7, 11) is 0. The van der Waals surface area contributed by atoms with Crippen molar-refractivity contribution in [3.63, 3.8) is 0 Å². The van der Waals surface area contributed by atoms with Crippen LogP contribution in [0, 0.1) is 0 Å². The highest BCUT2D eigenvalue weighted by molar-refractivity contribution is 5.92. The average molecular weight is 346 g/mol. The minimum atomic E-state index is -0.671. The molecule has 2 N–H and O–H groups in total. The number of anilines is 1. The Hall–Kier alpha value is -2.34. The number of nitrogens with one attached hydrogen (secondary N) is 1. The zero-order valence-corrected chi connectivity index (χ0v) is 15.1. The van der Waals surface area contributed by atoms with Crippen LogP contribution in [-0.2, 0) is 11.2 Å². The average Bonchev–Trinajstić information content (AvgIpc) is 2.57. The Morgan fingerprint density at radius 3 is 2.68 bits per heavy atom. The lowest BCUT2D eigenvalue weighted by molar-refractivity contribution is -0.114. The van der Waals surface area contributed by atoms with E-state index in [0.717, 1.165) is 38.0 Å². The first-order chi connectivity index (χ1) is 12.0. The van der Waals surface area contributed by atoms with Crippen molar-refractivity contribution in [2.24, 2.45) is 0 Å². The lowest BCUT2D eigenvalue weighted by atomic mass is 10.1. The quantitative estimate of drug-likeness (QED) is 0.718. The molecule has 0 aliphatic rings. The zero-order valence-electron chi connectivity index (χ0n) is 15.1. The van der Waals surface area contributed by atoms with E-state index in [1.54, 1.807) is 6.07 Å². The Bertz CT molecular complexity index is 798. The summed E-state index contributed by atoms with van der Waals surface area (Å²) < 4.78 is 5.22. The molecule has 0 aliphatic carbocycles. The zero-order chi connectivity index (χ0) is 18.4. The van der Waals surface area contributed by atoms with E-state index in [9.17, 15) is 14.7 Å². The van der Waals surface area contributed by atoms with Crippen LogP contribution in [0.5, 0.6) is 5.75 Å². The summed E-state index contributed by atoms with van der Waals surface area (Å²) in [6.07, 6.45) is 2.75. The van der Waals surface area contributed by atoms with E-state index in [1.165, 1.54) is 13.0 Å². The number of amides is 1. The van der Waals surface area contributed by atoms with Crippen LogP contribution >= 0.6 is 0 Å². The van der Waals surface area contributed by atoms with Gasteiger partial charge in [0.2, 0.25) is 5.91 Å². The molecule has 2 rings (SSSR count). The molecule has 25 heavy (non-hydrogen) atoms. The van der Waals surface area contributed by atoms with Crippen LogP contribution in [0.25, 0.3) is 11.0 Å². The van der Waals surface area contributed by atoms with Crippen molar-refractivity contribution in [3.05, 3.63) is 34.2 Å². The van der Waals surface area contributed by atoms with Gasteiger partial charge in [0.05, 0.1) is 0 Å². The molecule has 0 bridgehead atoms. The number of carbonyl (C=O) groups excluding carboxylic acids is 1. The summed E-state index contributed by atoms with van der Waals surface area (Å²) in [6.45, 7) is 8.68. The van der Waals surface area contributed by atoms with Gasteiger partial charge in [0.25, 0.3) is 0 Å². The molecule has 0 radical (unpaired) electrons. The molecule has 6 nitrogen and oxygen atoms in total. The van der Waals surface area contributed by atoms with Gasteiger partial charge in [0.15, 0.2) is 11.3 Å². The number of aromatic hydroxyl groups is 1. The van der Waals surface area contributed by atoms with Crippen molar-refractivity contribution in [1.29, 1.82) is 0 Å². The minimum absolute atomic E-state index is 0.00233. The number of phenolic OH excluding ortho intramolecular Hbond substituents is 1. The van der Waals surface area contributed by atoms with Crippen molar-refractivity contribution >= 4 is 22.6 Å². The van der Waals surface area contributed by atoms with Crippen LogP contribution in [0.1, 0.15) is 39.2 Å². The van der Waals surface area contributed by atoms with Gasteiger partial charge in [-0.1, -0.05) is 26.0 Å². The van der Waals surface area contributed by atoms with Crippen LogP contribution in [0.2, 0.25) is 0 Å². The van der Waals surface area contributed by atoms with Crippen molar-refractivity contribution in [2.45, 2.75) is 40.0 Å². The molecule has 0 spiro atoms. The van der Waals surface area contributed by atoms with E-state index in [1.807, 2.05) is 6.07 Å². The molecule has 0 atom stereocenters. The van der Waals surface area contributed by atoms with Gasteiger partial charge in [-0.05, 0) is 50.5 Å². The highest BCUT2D eigenvalue weighted by Crippen LogP contribution is 2.29. The van der Waals surface area contributed by atoms with E-state index in [-0.39, 0.29) is 22.9 Å². The number of phenols is 1. The molecule has 0 saturated carbocycles. The second kappa shape index (κ2) is 8.67. The first-order valence-corrected chi connectivity index (χ1v) is 8.74. The molecule has 2 aromatic rings. The normalized spacial score (nSPS) is 11.2. The second-order valence-electron chi connectivity index (χ2n) is 6.16. The molecular weight excluding hydrogens is 320 g/mol. The number of aryl methyl sites for hydroxylation is 1. The number of hydrogen-bond donors (Lipinski definition) is 2. The van der Waals surface area contributed by atoms with Gasteiger partial charge >= 0.3 is 5.63 Å². The summed E-state index contributed by atoms with van der Waals surface area (Å²) >= 11 is 0. The highest BCUT2D eigenvalue weighted by Gasteiger charge is 2.13. The number of hydrogen-bond acceptors (Lipinski definition) is 5. The maximum Gasteiger partial charge on any atom is 0.360 e. The van der Waals surface area contributed by atoms with E-state index in [2.05, 4.69) is 24.1 Å². The fraction of sp³-hybridized carbons (Fsp3) is 0.474. The van der Waals surface area contributed by atoms with Gasteiger partial charge in [-0.3, -0.25) is 4.79 Å². The molecule has 0 saturated heterocycles. The van der Waals surface area contributed by atoms with Gasteiger partial charge in [-0.25, -0.2) is 4.79 Å². The Balaban J connectivity index is 2.19. The van der Waals surface area contributed by atoms with Crippen molar-refractivity contribution in [3.8, 4) is 5.75 Å². The maximum atomic E-state index is 11.9. The number of carbonyl (C=O) groups is 1. The predicted molar refractivity (Wildman–Crippen MR) is 99.2 cm³/mol. The lowest BCUT2D eigenvalue weighted by Crippen LogP contribution is -2.25.